The Morgan fingerprint density at radius 1 is 1.26 bits per heavy atom. The van der Waals surface area contributed by atoms with Crippen molar-refractivity contribution in [2.24, 2.45) is 0 Å². The molecule has 1 aromatic carbocycles. The van der Waals surface area contributed by atoms with Gasteiger partial charge in [0, 0.05) is 12.2 Å². The monoisotopic (exact) mass is 393 g/mol. The van der Waals surface area contributed by atoms with Crippen molar-refractivity contribution < 1.29 is 22.7 Å². The first kappa shape index (κ1) is 19.0. The maximum atomic E-state index is 12.7. The predicted molar refractivity (Wildman–Crippen MR) is 94.8 cm³/mol. The number of nitrogens with one attached hydrogen (secondary N) is 2. The van der Waals surface area contributed by atoms with Crippen LogP contribution in [0.1, 0.15) is 30.3 Å². The highest BCUT2D eigenvalue weighted by atomic mass is 32.2. The summed E-state index contributed by atoms with van der Waals surface area (Å²) in [6, 6.07) is 5.45. The molecule has 1 aromatic heterocycles. The van der Waals surface area contributed by atoms with E-state index >= 15 is 0 Å². The van der Waals surface area contributed by atoms with E-state index in [9.17, 15) is 13.2 Å². The van der Waals surface area contributed by atoms with Gasteiger partial charge in [0.1, 0.15) is 5.82 Å². The van der Waals surface area contributed by atoms with Crippen LogP contribution in [-0.2, 0) is 14.8 Å². The molecule has 3 rings (SSSR count). The fourth-order valence-electron chi connectivity index (χ4n) is 2.72. The third kappa shape index (κ3) is 4.49. The van der Waals surface area contributed by atoms with Gasteiger partial charge in [0.15, 0.2) is 0 Å². The largest absolute Gasteiger partial charge is 0.467 e. The number of anilines is 1. The van der Waals surface area contributed by atoms with Crippen LogP contribution >= 0.6 is 0 Å². The zero-order chi connectivity index (χ0) is 19.4. The molecule has 1 fully saturated rings. The van der Waals surface area contributed by atoms with Crippen LogP contribution in [0.5, 0.6) is 6.01 Å². The van der Waals surface area contributed by atoms with Crippen LogP contribution in [0.3, 0.4) is 0 Å². The van der Waals surface area contributed by atoms with E-state index < -0.39 is 16.1 Å². The van der Waals surface area contributed by atoms with Crippen LogP contribution in [0.25, 0.3) is 0 Å². The first-order valence-electron chi connectivity index (χ1n) is 8.20. The number of amides is 2. The number of hydrogen-bond acceptors (Lipinski definition) is 8. The number of aromatic nitrogens is 3. The van der Waals surface area contributed by atoms with Gasteiger partial charge in [0.25, 0.3) is 10.0 Å². The number of hydrogen-bond donors (Lipinski definition) is 2. The highest BCUT2D eigenvalue weighted by Gasteiger charge is 2.27. The van der Waals surface area contributed by atoms with Crippen LogP contribution < -0.4 is 14.8 Å². The second kappa shape index (κ2) is 7.84. The molecule has 0 aliphatic carbocycles. The van der Waals surface area contributed by atoms with E-state index in [0.717, 1.165) is 12.8 Å². The minimum Gasteiger partial charge on any atom is -0.467 e. The van der Waals surface area contributed by atoms with Gasteiger partial charge in [0.2, 0.25) is 5.95 Å². The summed E-state index contributed by atoms with van der Waals surface area (Å²) in [5, 5.41) is 2.27. The van der Waals surface area contributed by atoms with Crippen molar-refractivity contribution in [3.63, 3.8) is 0 Å². The fraction of sp³-hybridized carbons (Fsp3) is 0.375. The quantitative estimate of drug-likeness (QED) is 0.782. The molecule has 0 bridgehead atoms. The topological polar surface area (TPSA) is 132 Å². The second-order valence-electron chi connectivity index (χ2n) is 5.79. The average molecular weight is 393 g/mol. The van der Waals surface area contributed by atoms with Gasteiger partial charge in [-0.15, -0.1) is 0 Å². The Morgan fingerprint density at radius 3 is 2.74 bits per heavy atom. The van der Waals surface area contributed by atoms with Crippen LogP contribution in [-0.4, -0.2) is 43.1 Å². The Balaban J connectivity index is 1.79. The molecule has 144 valence electrons. The molecule has 1 aliphatic heterocycles. The Labute approximate surface area is 156 Å². The van der Waals surface area contributed by atoms with Gasteiger partial charge in [-0.2, -0.15) is 15.0 Å². The van der Waals surface area contributed by atoms with Gasteiger partial charge in [0.05, 0.1) is 18.1 Å². The SMILES string of the molecule is COc1nc(C)nc(NC(=O)NS(=O)(=O)c2ccccc2C2CCCO2)n1. The maximum absolute atomic E-state index is 12.7. The Bertz CT molecular complexity index is 944. The zero-order valence-electron chi connectivity index (χ0n) is 14.8. The highest BCUT2D eigenvalue weighted by Crippen LogP contribution is 2.32. The summed E-state index contributed by atoms with van der Waals surface area (Å²) < 4.78 is 37.8. The third-order valence-corrected chi connectivity index (χ3v) is 5.25. The minimum absolute atomic E-state index is 0.00328. The molecule has 11 heteroatoms. The number of carbonyl (C=O) groups is 1. The molecule has 2 aromatic rings. The van der Waals surface area contributed by atoms with Crippen molar-refractivity contribution in [2.45, 2.75) is 30.8 Å². The lowest BCUT2D eigenvalue weighted by Crippen LogP contribution is -2.35. The number of ether oxygens (including phenoxy) is 2. The van der Waals surface area contributed by atoms with Crippen LogP contribution in [0.2, 0.25) is 0 Å². The van der Waals surface area contributed by atoms with E-state index in [1.54, 1.807) is 25.1 Å². The molecule has 2 heterocycles. The molecule has 0 saturated carbocycles. The maximum Gasteiger partial charge on any atom is 0.335 e. The first-order valence-corrected chi connectivity index (χ1v) is 9.68. The summed E-state index contributed by atoms with van der Waals surface area (Å²) in [5.41, 5.74) is 0.521. The number of urea groups is 1. The number of rotatable bonds is 5. The summed E-state index contributed by atoms with van der Waals surface area (Å²) >= 11 is 0. The number of carbonyl (C=O) groups excluding carboxylic acids is 1. The molecule has 1 atom stereocenters. The van der Waals surface area contributed by atoms with Crippen molar-refractivity contribution in [3.8, 4) is 6.01 Å². The van der Waals surface area contributed by atoms with Crippen molar-refractivity contribution in [1.82, 2.24) is 19.7 Å². The molecule has 2 amide bonds. The van der Waals surface area contributed by atoms with Gasteiger partial charge in [-0.05, 0) is 25.8 Å². The van der Waals surface area contributed by atoms with Crippen molar-refractivity contribution in [3.05, 3.63) is 35.7 Å². The van der Waals surface area contributed by atoms with E-state index in [1.165, 1.54) is 13.2 Å². The summed E-state index contributed by atoms with van der Waals surface area (Å²) in [6.07, 6.45) is 1.27. The molecule has 10 nitrogen and oxygen atoms in total. The molecule has 1 saturated heterocycles. The lowest BCUT2D eigenvalue weighted by atomic mass is 10.1. The standard InChI is InChI=1S/C16H19N5O5S/c1-10-17-14(20-16(18-10)25-2)19-15(22)21-27(23,24)13-8-4-3-6-11(13)12-7-5-9-26-12/h3-4,6,8,12H,5,7,9H2,1-2H3,(H2,17,18,19,20,21,22). The number of nitrogens with zero attached hydrogens (tertiary/aromatic N) is 3. The van der Waals surface area contributed by atoms with Gasteiger partial charge in [-0.3, -0.25) is 5.32 Å². The number of methoxy groups -OCH3 is 1. The highest BCUT2D eigenvalue weighted by molar-refractivity contribution is 7.90. The average Bonchev–Trinajstić information content (AvgIpc) is 3.15. The molecule has 27 heavy (non-hydrogen) atoms. The van der Waals surface area contributed by atoms with E-state index in [1.807, 2.05) is 4.72 Å². The van der Waals surface area contributed by atoms with Crippen molar-refractivity contribution in [2.75, 3.05) is 19.0 Å². The van der Waals surface area contributed by atoms with E-state index in [4.69, 9.17) is 9.47 Å². The fourth-order valence-corrected chi connectivity index (χ4v) is 3.90. The summed E-state index contributed by atoms with van der Waals surface area (Å²) in [4.78, 5) is 23.8. The Kier molecular flexibility index (Phi) is 5.51. The third-order valence-electron chi connectivity index (χ3n) is 3.85. The van der Waals surface area contributed by atoms with Gasteiger partial charge < -0.3 is 9.47 Å². The van der Waals surface area contributed by atoms with E-state index in [0.29, 0.717) is 18.0 Å². The Hall–Kier alpha value is -2.79. The lowest BCUT2D eigenvalue weighted by Gasteiger charge is -2.15. The molecule has 0 spiro atoms. The van der Waals surface area contributed by atoms with Crippen molar-refractivity contribution >= 4 is 22.0 Å². The molecule has 1 aliphatic rings. The van der Waals surface area contributed by atoms with Crippen LogP contribution in [0, 0.1) is 6.92 Å². The minimum atomic E-state index is -4.12. The smallest absolute Gasteiger partial charge is 0.335 e. The summed E-state index contributed by atoms with van der Waals surface area (Å²) in [6.45, 7) is 2.16. The van der Waals surface area contributed by atoms with Gasteiger partial charge >= 0.3 is 12.0 Å². The van der Waals surface area contributed by atoms with E-state index in [-0.39, 0.29) is 23.0 Å². The predicted octanol–water partition coefficient (Wildman–Crippen LogP) is 1.55. The lowest BCUT2D eigenvalue weighted by molar-refractivity contribution is 0.110. The van der Waals surface area contributed by atoms with Crippen LogP contribution in [0.15, 0.2) is 29.2 Å². The molecule has 0 radical (unpaired) electrons. The van der Waals surface area contributed by atoms with Gasteiger partial charge in [-0.25, -0.2) is 17.9 Å². The zero-order valence-corrected chi connectivity index (χ0v) is 15.6. The molecular weight excluding hydrogens is 374 g/mol. The summed E-state index contributed by atoms with van der Waals surface area (Å²) in [5.74, 6) is 0.184. The van der Waals surface area contributed by atoms with E-state index in [2.05, 4.69) is 20.3 Å². The number of benzene rings is 1. The van der Waals surface area contributed by atoms with Crippen molar-refractivity contribution in [1.29, 1.82) is 0 Å². The molecular formula is C16H19N5O5S. The first-order chi connectivity index (χ1) is 12.9. The normalized spacial score (nSPS) is 16.7. The summed E-state index contributed by atoms with van der Waals surface area (Å²) in [7, 11) is -2.75. The van der Waals surface area contributed by atoms with Crippen LogP contribution in [0.4, 0.5) is 10.7 Å². The van der Waals surface area contributed by atoms with Gasteiger partial charge in [-0.1, -0.05) is 18.2 Å². The number of sulfonamides is 1. The number of aryl methyl sites for hydroxylation is 1. The Morgan fingerprint density at radius 2 is 2.04 bits per heavy atom. The second-order valence-corrected chi connectivity index (χ2v) is 7.44. The molecule has 1 unspecified atom stereocenters. The molecule has 2 N–H and O–H groups in total.